The largest absolute Gasteiger partial charge is 0.385 e. The number of aliphatic hydroxyl groups is 1. The molecule has 0 bridgehead atoms. The van der Waals surface area contributed by atoms with E-state index in [9.17, 15) is 14.7 Å². The van der Waals surface area contributed by atoms with Crippen LogP contribution in [0.2, 0.25) is 0 Å². The first-order valence-electron chi connectivity index (χ1n) is 4.96. The minimum Gasteiger partial charge on any atom is -0.385 e. The van der Waals surface area contributed by atoms with Gasteiger partial charge in [0.2, 0.25) is 0 Å². The highest BCUT2D eigenvalue weighted by Crippen LogP contribution is 2.21. The Hall–Kier alpha value is -0.960. The van der Waals surface area contributed by atoms with Crippen molar-refractivity contribution in [2.45, 2.75) is 38.7 Å². The van der Waals surface area contributed by atoms with E-state index in [1.165, 1.54) is 6.92 Å². The highest BCUT2D eigenvalue weighted by molar-refractivity contribution is 5.88. The first-order chi connectivity index (χ1) is 6.59. The Morgan fingerprint density at radius 3 is 2.79 bits per heavy atom. The molecule has 0 aliphatic heterocycles. The molecule has 0 heterocycles. The van der Waals surface area contributed by atoms with Crippen LogP contribution in [0.3, 0.4) is 0 Å². The Morgan fingerprint density at radius 2 is 2.29 bits per heavy atom. The second-order valence-corrected chi connectivity index (χ2v) is 3.84. The van der Waals surface area contributed by atoms with E-state index < -0.39 is 6.10 Å². The van der Waals surface area contributed by atoms with E-state index in [-0.39, 0.29) is 18.0 Å². The van der Waals surface area contributed by atoms with Gasteiger partial charge in [0, 0.05) is 12.8 Å². The monoisotopic (exact) mass is 196 g/mol. The molecule has 3 nitrogen and oxygen atoms in total. The maximum atomic E-state index is 11.4. The van der Waals surface area contributed by atoms with Crippen LogP contribution in [0.5, 0.6) is 0 Å². The SMILES string of the molecule is CC(=O)C(O)CC(=O)CC1C=CCC1. The molecule has 0 aromatic heterocycles. The zero-order valence-corrected chi connectivity index (χ0v) is 8.40. The topological polar surface area (TPSA) is 54.4 Å². The summed E-state index contributed by atoms with van der Waals surface area (Å²) in [7, 11) is 0. The van der Waals surface area contributed by atoms with Crippen molar-refractivity contribution in [1.82, 2.24) is 0 Å². The standard InChI is InChI=1S/C11H16O3/c1-8(12)11(14)7-10(13)6-9-4-2-3-5-9/h2,4,9,11,14H,3,5-7H2,1H3. The zero-order valence-electron chi connectivity index (χ0n) is 8.40. The maximum Gasteiger partial charge on any atom is 0.158 e. The quantitative estimate of drug-likeness (QED) is 0.673. The number of allylic oxidation sites excluding steroid dienone is 2. The molecule has 0 radical (unpaired) electrons. The van der Waals surface area contributed by atoms with Gasteiger partial charge in [-0.1, -0.05) is 12.2 Å². The Morgan fingerprint density at radius 1 is 1.57 bits per heavy atom. The minimum absolute atomic E-state index is 0.0238. The molecule has 0 fully saturated rings. The van der Waals surface area contributed by atoms with Gasteiger partial charge < -0.3 is 5.11 Å². The van der Waals surface area contributed by atoms with Gasteiger partial charge >= 0.3 is 0 Å². The van der Waals surface area contributed by atoms with Gasteiger partial charge in [-0.25, -0.2) is 0 Å². The minimum atomic E-state index is -1.10. The first kappa shape index (κ1) is 11.1. The molecule has 0 saturated heterocycles. The second kappa shape index (κ2) is 5.05. The number of carbonyl (C=O) groups is 2. The van der Waals surface area contributed by atoms with Crippen molar-refractivity contribution in [3.8, 4) is 0 Å². The summed E-state index contributed by atoms with van der Waals surface area (Å²) in [6.07, 6.45) is 5.49. The van der Waals surface area contributed by atoms with Crippen LogP contribution in [0.4, 0.5) is 0 Å². The van der Waals surface area contributed by atoms with Gasteiger partial charge in [-0.05, 0) is 25.7 Å². The van der Waals surface area contributed by atoms with Gasteiger partial charge in [-0.3, -0.25) is 9.59 Å². The lowest BCUT2D eigenvalue weighted by atomic mass is 9.98. The van der Waals surface area contributed by atoms with Crippen molar-refractivity contribution in [3.63, 3.8) is 0 Å². The molecule has 2 atom stereocenters. The fourth-order valence-corrected chi connectivity index (χ4v) is 1.60. The van der Waals surface area contributed by atoms with E-state index in [2.05, 4.69) is 6.08 Å². The van der Waals surface area contributed by atoms with Gasteiger partial charge in [0.25, 0.3) is 0 Å². The normalized spacial score (nSPS) is 22.3. The van der Waals surface area contributed by atoms with Gasteiger partial charge in [0.15, 0.2) is 5.78 Å². The molecule has 2 unspecified atom stereocenters. The Kier molecular flexibility index (Phi) is 4.01. The summed E-state index contributed by atoms with van der Waals surface area (Å²) >= 11 is 0. The summed E-state index contributed by atoms with van der Waals surface area (Å²) in [6.45, 7) is 1.30. The highest BCUT2D eigenvalue weighted by Gasteiger charge is 2.18. The molecule has 0 aromatic rings. The van der Waals surface area contributed by atoms with Crippen molar-refractivity contribution in [2.24, 2.45) is 5.92 Å². The summed E-state index contributed by atoms with van der Waals surface area (Å²) in [5, 5.41) is 9.18. The average Bonchev–Trinajstić information content (AvgIpc) is 2.56. The Labute approximate surface area is 83.8 Å². The fourth-order valence-electron chi connectivity index (χ4n) is 1.60. The molecule has 1 rings (SSSR count). The second-order valence-electron chi connectivity index (χ2n) is 3.84. The first-order valence-corrected chi connectivity index (χ1v) is 4.96. The van der Waals surface area contributed by atoms with Crippen LogP contribution in [-0.2, 0) is 9.59 Å². The third kappa shape index (κ3) is 3.42. The molecule has 0 amide bonds. The van der Waals surface area contributed by atoms with E-state index in [1.54, 1.807) is 0 Å². The maximum absolute atomic E-state index is 11.4. The predicted molar refractivity (Wildman–Crippen MR) is 52.8 cm³/mol. The number of rotatable bonds is 5. The van der Waals surface area contributed by atoms with E-state index in [0.717, 1.165) is 12.8 Å². The number of carbonyl (C=O) groups excluding carboxylic acids is 2. The lowest BCUT2D eigenvalue weighted by molar-refractivity contribution is -0.130. The van der Waals surface area contributed by atoms with E-state index in [0.29, 0.717) is 12.3 Å². The van der Waals surface area contributed by atoms with Crippen LogP contribution >= 0.6 is 0 Å². The lowest BCUT2D eigenvalue weighted by Gasteiger charge is -2.08. The van der Waals surface area contributed by atoms with Crippen LogP contribution in [0, 0.1) is 5.92 Å². The molecular weight excluding hydrogens is 180 g/mol. The summed E-state index contributed by atoms with van der Waals surface area (Å²) in [4.78, 5) is 22.1. The van der Waals surface area contributed by atoms with Crippen LogP contribution < -0.4 is 0 Å². The van der Waals surface area contributed by atoms with E-state index in [1.807, 2.05) is 6.08 Å². The molecule has 14 heavy (non-hydrogen) atoms. The van der Waals surface area contributed by atoms with Gasteiger partial charge in [0.05, 0.1) is 0 Å². The molecule has 0 spiro atoms. The van der Waals surface area contributed by atoms with E-state index in [4.69, 9.17) is 0 Å². The molecule has 78 valence electrons. The van der Waals surface area contributed by atoms with Crippen molar-refractivity contribution in [2.75, 3.05) is 0 Å². The average molecular weight is 196 g/mol. The van der Waals surface area contributed by atoms with Crippen LogP contribution in [0.1, 0.15) is 32.6 Å². The van der Waals surface area contributed by atoms with Crippen molar-refractivity contribution in [1.29, 1.82) is 0 Å². The van der Waals surface area contributed by atoms with Crippen molar-refractivity contribution < 1.29 is 14.7 Å². The predicted octanol–water partition coefficient (Wildman–Crippen LogP) is 1.25. The highest BCUT2D eigenvalue weighted by atomic mass is 16.3. The van der Waals surface area contributed by atoms with Crippen molar-refractivity contribution in [3.05, 3.63) is 12.2 Å². The molecule has 0 saturated carbocycles. The summed E-state index contributed by atoms with van der Waals surface area (Å²) in [6, 6.07) is 0. The summed E-state index contributed by atoms with van der Waals surface area (Å²) < 4.78 is 0. The zero-order chi connectivity index (χ0) is 10.6. The van der Waals surface area contributed by atoms with Gasteiger partial charge in [0.1, 0.15) is 11.9 Å². The third-order valence-corrected chi connectivity index (χ3v) is 2.49. The smallest absolute Gasteiger partial charge is 0.158 e. The molecule has 0 aromatic carbocycles. The van der Waals surface area contributed by atoms with Crippen molar-refractivity contribution >= 4 is 11.6 Å². The number of aliphatic hydroxyl groups excluding tert-OH is 1. The van der Waals surface area contributed by atoms with Crippen LogP contribution in [-0.4, -0.2) is 22.8 Å². The third-order valence-electron chi connectivity index (χ3n) is 2.49. The molecular formula is C11H16O3. The van der Waals surface area contributed by atoms with E-state index >= 15 is 0 Å². The molecule has 1 aliphatic carbocycles. The summed E-state index contributed by atoms with van der Waals surface area (Å²) in [5.74, 6) is -0.0359. The number of ketones is 2. The van der Waals surface area contributed by atoms with Crippen LogP contribution in [0.15, 0.2) is 12.2 Å². The van der Waals surface area contributed by atoms with Crippen LogP contribution in [0.25, 0.3) is 0 Å². The number of hydrogen-bond acceptors (Lipinski definition) is 3. The fraction of sp³-hybridized carbons (Fsp3) is 0.636. The Bertz CT molecular complexity index is 249. The van der Waals surface area contributed by atoms with Gasteiger partial charge in [-0.15, -0.1) is 0 Å². The van der Waals surface area contributed by atoms with Gasteiger partial charge in [-0.2, -0.15) is 0 Å². The Balaban J connectivity index is 2.28. The molecule has 1 N–H and O–H groups in total. The number of Topliss-reactive ketones (excluding diaryl/α,β-unsaturated/α-hetero) is 2. The number of hydrogen-bond donors (Lipinski definition) is 1. The molecule has 1 aliphatic rings. The summed E-state index contributed by atoms with van der Waals surface area (Å²) in [5.41, 5.74) is 0. The molecule has 3 heteroatoms. The lowest BCUT2D eigenvalue weighted by Crippen LogP contribution is -2.21.